The number of nitrogens with two attached hydrogens (primary N) is 1. The van der Waals surface area contributed by atoms with E-state index in [0.29, 0.717) is 0 Å². The maximum atomic E-state index is 12.3. The van der Waals surface area contributed by atoms with Gasteiger partial charge in [-0.25, -0.2) is 4.39 Å². The van der Waals surface area contributed by atoms with Gasteiger partial charge < -0.3 is 15.9 Å². The standard InChI is InChI=1S/C5H12FNO2/c1-2-3(6)4(7)5(8)9/h3-5,8-9H,2,7H2,1H3. The van der Waals surface area contributed by atoms with E-state index < -0.39 is 18.5 Å². The zero-order chi connectivity index (χ0) is 7.44. The van der Waals surface area contributed by atoms with Gasteiger partial charge in [0.1, 0.15) is 6.17 Å². The lowest BCUT2D eigenvalue weighted by Gasteiger charge is -2.16. The third-order valence-electron chi connectivity index (χ3n) is 1.15. The normalized spacial score (nSPS) is 18.0. The molecule has 4 heteroatoms. The third-order valence-corrected chi connectivity index (χ3v) is 1.15. The van der Waals surface area contributed by atoms with Gasteiger partial charge in [-0.3, -0.25) is 0 Å². The van der Waals surface area contributed by atoms with Crippen molar-refractivity contribution in [3.05, 3.63) is 0 Å². The van der Waals surface area contributed by atoms with Crippen LogP contribution in [0.25, 0.3) is 0 Å². The minimum Gasteiger partial charge on any atom is -0.367 e. The van der Waals surface area contributed by atoms with Crippen molar-refractivity contribution in [2.75, 3.05) is 0 Å². The van der Waals surface area contributed by atoms with E-state index in [2.05, 4.69) is 0 Å². The zero-order valence-electron chi connectivity index (χ0n) is 5.29. The highest BCUT2D eigenvalue weighted by Crippen LogP contribution is 2.03. The molecule has 0 spiro atoms. The molecule has 0 radical (unpaired) electrons. The number of aliphatic hydroxyl groups is 2. The largest absolute Gasteiger partial charge is 0.367 e. The Morgan fingerprint density at radius 1 is 1.56 bits per heavy atom. The Morgan fingerprint density at radius 3 is 2.11 bits per heavy atom. The number of halogens is 1. The molecule has 0 aliphatic rings. The van der Waals surface area contributed by atoms with E-state index >= 15 is 0 Å². The van der Waals surface area contributed by atoms with E-state index in [9.17, 15) is 4.39 Å². The molecule has 0 aromatic rings. The highest BCUT2D eigenvalue weighted by molar-refractivity contribution is 4.71. The Kier molecular flexibility index (Phi) is 3.68. The van der Waals surface area contributed by atoms with Crippen molar-refractivity contribution < 1.29 is 14.6 Å². The van der Waals surface area contributed by atoms with E-state index in [1.807, 2.05) is 0 Å². The van der Waals surface area contributed by atoms with Crippen LogP contribution in [-0.2, 0) is 0 Å². The van der Waals surface area contributed by atoms with Gasteiger partial charge in [-0.05, 0) is 6.42 Å². The summed E-state index contributed by atoms with van der Waals surface area (Å²) in [5, 5.41) is 16.6. The van der Waals surface area contributed by atoms with E-state index in [0.717, 1.165) is 0 Å². The molecule has 0 aliphatic carbocycles. The lowest BCUT2D eigenvalue weighted by molar-refractivity contribution is -0.0744. The first-order valence-corrected chi connectivity index (χ1v) is 2.85. The van der Waals surface area contributed by atoms with Gasteiger partial charge in [0.25, 0.3) is 0 Å². The van der Waals surface area contributed by atoms with Gasteiger partial charge in [0, 0.05) is 0 Å². The summed E-state index contributed by atoms with van der Waals surface area (Å²) in [5.41, 5.74) is 5.00. The summed E-state index contributed by atoms with van der Waals surface area (Å²) < 4.78 is 12.3. The van der Waals surface area contributed by atoms with Crippen LogP contribution in [0.5, 0.6) is 0 Å². The van der Waals surface area contributed by atoms with Crippen molar-refractivity contribution in [2.45, 2.75) is 31.8 Å². The second-order valence-corrected chi connectivity index (χ2v) is 1.92. The summed E-state index contributed by atoms with van der Waals surface area (Å²) in [5.74, 6) is 0. The predicted octanol–water partition coefficient (Wildman–Crippen LogP) is -0.627. The van der Waals surface area contributed by atoms with Crippen LogP contribution in [0.1, 0.15) is 13.3 Å². The summed E-state index contributed by atoms with van der Waals surface area (Å²) in [7, 11) is 0. The van der Waals surface area contributed by atoms with Crippen LogP contribution in [0.3, 0.4) is 0 Å². The summed E-state index contributed by atoms with van der Waals surface area (Å²) in [6.07, 6.45) is -2.87. The van der Waals surface area contributed by atoms with E-state index in [1.165, 1.54) is 0 Å². The van der Waals surface area contributed by atoms with Crippen molar-refractivity contribution in [3.8, 4) is 0 Å². The van der Waals surface area contributed by atoms with Gasteiger partial charge in [-0.15, -0.1) is 0 Å². The first-order valence-electron chi connectivity index (χ1n) is 2.85. The van der Waals surface area contributed by atoms with Gasteiger partial charge in [-0.2, -0.15) is 0 Å². The molecule has 0 saturated heterocycles. The van der Waals surface area contributed by atoms with E-state index in [4.69, 9.17) is 15.9 Å². The van der Waals surface area contributed by atoms with E-state index in [1.54, 1.807) is 6.92 Å². The smallest absolute Gasteiger partial charge is 0.169 e. The zero-order valence-corrected chi connectivity index (χ0v) is 5.29. The molecule has 4 N–H and O–H groups in total. The van der Waals surface area contributed by atoms with E-state index in [-0.39, 0.29) is 6.42 Å². The number of aliphatic hydroxyl groups excluding tert-OH is 1. The summed E-state index contributed by atoms with van der Waals surface area (Å²) in [4.78, 5) is 0. The van der Waals surface area contributed by atoms with Crippen LogP contribution < -0.4 is 5.73 Å². The molecule has 0 rings (SSSR count). The third kappa shape index (κ3) is 2.74. The van der Waals surface area contributed by atoms with Crippen LogP contribution in [0.15, 0.2) is 0 Å². The van der Waals surface area contributed by atoms with Crippen LogP contribution >= 0.6 is 0 Å². The second kappa shape index (κ2) is 3.76. The van der Waals surface area contributed by atoms with Crippen molar-refractivity contribution in [2.24, 2.45) is 5.73 Å². The number of hydrogen-bond donors (Lipinski definition) is 3. The molecule has 0 fully saturated rings. The molecule has 0 aromatic carbocycles. The highest BCUT2D eigenvalue weighted by Gasteiger charge is 2.20. The Balaban J connectivity index is 3.58. The maximum Gasteiger partial charge on any atom is 0.169 e. The Morgan fingerprint density at radius 2 is 2.00 bits per heavy atom. The van der Waals surface area contributed by atoms with Gasteiger partial charge in [-0.1, -0.05) is 6.92 Å². The Bertz CT molecular complexity index is 79.4. The first-order chi connectivity index (χ1) is 4.09. The fraction of sp³-hybridized carbons (Fsp3) is 1.00. The molecular weight excluding hydrogens is 125 g/mol. The van der Waals surface area contributed by atoms with Crippen molar-refractivity contribution >= 4 is 0 Å². The van der Waals surface area contributed by atoms with Gasteiger partial charge >= 0.3 is 0 Å². The van der Waals surface area contributed by atoms with Crippen LogP contribution in [0.2, 0.25) is 0 Å². The first kappa shape index (κ1) is 8.81. The number of alkyl halides is 1. The Labute approximate surface area is 53.3 Å². The van der Waals surface area contributed by atoms with Crippen LogP contribution in [0, 0.1) is 0 Å². The van der Waals surface area contributed by atoms with Crippen molar-refractivity contribution in [1.29, 1.82) is 0 Å². The molecular formula is C5H12FNO2. The topological polar surface area (TPSA) is 66.5 Å². The number of rotatable bonds is 3. The average Bonchev–Trinajstić information content (AvgIpc) is 1.84. The monoisotopic (exact) mass is 137 g/mol. The maximum absolute atomic E-state index is 12.3. The molecule has 0 heterocycles. The molecule has 3 nitrogen and oxygen atoms in total. The average molecular weight is 137 g/mol. The van der Waals surface area contributed by atoms with Gasteiger partial charge in [0.2, 0.25) is 0 Å². The van der Waals surface area contributed by atoms with Gasteiger partial charge in [0.15, 0.2) is 6.29 Å². The lowest BCUT2D eigenvalue weighted by atomic mass is 10.1. The Hall–Kier alpha value is -0.190. The van der Waals surface area contributed by atoms with Gasteiger partial charge in [0.05, 0.1) is 6.04 Å². The molecule has 0 saturated carbocycles. The summed E-state index contributed by atoms with van der Waals surface area (Å²) in [6.45, 7) is 1.59. The molecule has 0 aliphatic heterocycles. The minimum atomic E-state index is -1.75. The molecule has 0 aromatic heterocycles. The molecule has 0 amide bonds. The molecule has 2 atom stereocenters. The van der Waals surface area contributed by atoms with Crippen LogP contribution in [-0.4, -0.2) is 28.7 Å². The molecule has 9 heavy (non-hydrogen) atoms. The quantitative estimate of drug-likeness (QED) is 0.454. The molecule has 0 bridgehead atoms. The summed E-state index contributed by atoms with van der Waals surface area (Å²) >= 11 is 0. The minimum absolute atomic E-state index is 0.207. The fourth-order valence-corrected chi connectivity index (χ4v) is 0.459. The lowest BCUT2D eigenvalue weighted by Crippen LogP contribution is -2.42. The van der Waals surface area contributed by atoms with Crippen molar-refractivity contribution in [1.82, 2.24) is 0 Å². The number of hydrogen-bond acceptors (Lipinski definition) is 3. The van der Waals surface area contributed by atoms with Crippen molar-refractivity contribution in [3.63, 3.8) is 0 Å². The van der Waals surface area contributed by atoms with Crippen LogP contribution in [0.4, 0.5) is 4.39 Å². The predicted molar refractivity (Wildman–Crippen MR) is 31.4 cm³/mol. The molecule has 2 unspecified atom stereocenters. The SMILES string of the molecule is CCC(F)C(N)C(O)O. The summed E-state index contributed by atoms with van der Waals surface area (Å²) in [6, 6.07) is -1.17. The highest BCUT2D eigenvalue weighted by atomic mass is 19.1. The molecule has 56 valence electrons. The fourth-order valence-electron chi connectivity index (χ4n) is 0.459. The second-order valence-electron chi connectivity index (χ2n) is 1.92.